The van der Waals surface area contributed by atoms with Crippen LogP contribution < -0.4 is 5.73 Å². The lowest BCUT2D eigenvalue weighted by atomic mass is 10.1. The smallest absolute Gasteiger partial charge is 0.249 e. The van der Waals surface area contributed by atoms with E-state index in [1.807, 2.05) is 41.0 Å². The van der Waals surface area contributed by atoms with E-state index >= 15 is 0 Å². The van der Waals surface area contributed by atoms with Gasteiger partial charge in [-0.15, -0.1) is 0 Å². The number of halogens is 2. The van der Waals surface area contributed by atoms with Crippen LogP contribution in [0.1, 0.15) is 15.9 Å². The fourth-order valence-corrected chi connectivity index (χ4v) is 3.88. The first-order chi connectivity index (χ1) is 12.1. The molecule has 25 heavy (non-hydrogen) atoms. The van der Waals surface area contributed by atoms with E-state index in [-0.39, 0.29) is 5.82 Å². The minimum absolute atomic E-state index is 0.310. The minimum Gasteiger partial charge on any atom is -0.366 e. The summed E-state index contributed by atoms with van der Waals surface area (Å²) >= 11 is 2.28. The summed E-state index contributed by atoms with van der Waals surface area (Å²) < 4.78 is 17.7. The van der Waals surface area contributed by atoms with Crippen molar-refractivity contribution in [2.45, 2.75) is 6.54 Å². The Morgan fingerprint density at radius 1 is 1.04 bits per heavy atom. The molecule has 0 saturated heterocycles. The molecule has 3 nitrogen and oxygen atoms in total. The fraction of sp³-hybridized carbons (Fsp3) is 0.0500. The lowest BCUT2D eigenvalue weighted by Crippen LogP contribution is -2.11. The van der Waals surface area contributed by atoms with Gasteiger partial charge in [-0.2, -0.15) is 0 Å². The molecule has 5 heteroatoms. The quantitative estimate of drug-likeness (QED) is 0.459. The Hall–Kier alpha value is -2.41. The number of hydrogen-bond donors (Lipinski definition) is 1. The van der Waals surface area contributed by atoms with Crippen molar-refractivity contribution in [3.8, 4) is 0 Å². The molecule has 0 radical (unpaired) electrons. The van der Waals surface area contributed by atoms with Gasteiger partial charge in [-0.3, -0.25) is 4.79 Å². The van der Waals surface area contributed by atoms with Crippen LogP contribution in [0, 0.1) is 9.39 Å². The van der Waals surface area contributed by atoms with Crippen molar-refractivity contribution >= 4 is 50.3 Å². The topological polar surface area (TPSA) is 48.0 Å². The molecule has 3 aromatic carbocycles. The molecule has 1 amide bonds. The maximum atomic E-state index is 14.7. The van der Waals surface area contributed by atoms with Gasteiger partial charge in [0.25, 0.3) is 0 Å². The molecule has 1 aromatic heterocycles. The van der Waals surface area contributed by atoms with E-state index < -0.39 is 5.91 Å². The zero-order valence-corrected chi connectivity index (χ0v) is 15.3. The second-order valence-electron chi connectivity index (χ2n) is 5.88. The molecule has 0 spiro atoms. The van der Waals surface area contributed by atoms with Gasteiger partial charge in [-0.05, 0) is 52.4 Å². The summed E-state index contributed by atoms with van der Waals surface area (Å²) in [6, 6.07) is 18.3. The highest BCUT2D eigenvalue weighted by Crippen LogP contribution is 2.34. The number of carbonyl (C=O) groups excluding carboxylic acids is 1. The monoisotopic (exact) mass is 444 g/mol. The third kappa shape index (κ3) is 2.59. The summed E-state index contributed by atoms with van der Waals surface area (Å²) in [5, 5.41) is 1.41. The molecule has 0 unspecified atom stereocenters. The van der Waals surface area contributed by atoms with Crippen LogP contribution in [-0.2, 0) is 6.54 Å². The van der Waals surface area contributed by atoms with Crippen LogP contribution in [0.5, 0.6) is 0 Å². The first-order valence-electron chi connectivity index (χ1n) is 7.80. The summed E-state index contributed by atoms with van der Waals surface area (Å²) in [5.41, 5.74) is 8.35. The van der Waals surface area contributed by atoms with Crippen LogP contribution in [0.3, 0.4) is 0 Å². The molecule has 0 fully saturated rings. The van der Waals surface area contributed by atoms with Crippen molar-refractivity contribution in [2.75, 3.05) is 0 Å². The van der Waals surface area contributed by atoms with E-state index in [9.17, 15) is 9.18 Å². The van der Waals surface area contributed by atoms with E-state index in [0.29, 0.717) is 28.4 Å². The molecule has 124 valence electrons. The number of hydrogen-bond acceptors (Lipinski definition) is 1. The van der Waals surface area contributed by atoms with E-state index in [1.54, 1.807) is 18.2 Å². The number of fused-ring (bicyclic) bond motifs is 3. The molecule has 0 saturated carbocycles. The van der Waals surface area contributed by atoms with Crippen LogP contribution in [0.4, 0.5) is 4.39 Å². The third-order valence-corrected chi connectivity index (χ3v) is 5.46. The van der Waals surface area contributed by atoms with E-state index in [2.05, 4.69) is 22.6 Å². The first kappa shape index (κ1) is 16.1. The third-order valence-electron chi connectivity index (χ3n) is 4.41. The van der Waals surface area contributed by atoms with Crippen molar-refractivity contribution in [3.63, 3.8) is 0 Å². The summed E-state index contributed by atoms with van der Waals surface area (Å²) in [6.45, 7) is 0.516. The molecular formula is C20H14FIN2O. The fourth-order valence-electron chi connectivity index (χ4n) is 3.33. The number of carbonyl (C=O) groups is 1. The highest BCUT2D eigenvalue weighted by atomic mass is 127. The molecule has 4 rings (SSSR count). The predicted molar refractivity (Wildman–Crippen MR) is 106 cm³/mol. The molecule has 1 heterocycles. The zero-order valence-electron chi connectivity index (χ0n) is 13.2. The van der Waals surface area contributed by atoms with E-state index in [4.69, 9.17) is 5.73 Å². The van der Waals surface area contributed by atoms with Gasteiger partial charge in [0.15, 0.2) is 0 Å². The van der Waals surface area contributed by atoms with Crippen LogP contribution >= 0.6 is 22.6 Å². The van der Waals surface area contributed by atoms with Gasteiger partial charge in [0.2, 0.25) is 5.91 Å². The van der Waals surface area contributed by atoms with Crippen LogP contribution in [0.25, 0.3) is 21.8 Å². The second-order valence-corrected chi connectivity index (χ2v) is 7.04. The van der Waals surface area contributed by atoms with Crippen molar-refractivity contribution in [1.82, 2.24) is 4.57 Å². The molecule has 0 aliphatic rings. The number of rotatable bonds is 3. The summed E-state index contributed by atoms with van der Waals surface area (Å²) in [7, 11) is 0. The van der Waals surface area contributed by atoms with Crippen molar-refractivity contribution < 1.29 is 9.18 Å². The number of nitrogens with zero attached hydrogens (tertiary/aromatic N) is 1. The molecular weight excluding hydrogens is 430 g/mol. The normalized spacial score (nSPS) is 11.3. The standard InChI is InChI=1S/C20H14FIN2O/c21-15-8-3-6-13-18-14(20(23)25)7-4-10-17(18)24(19(13)15)11-12-5-1-2-9-16(12)22/h1-10H,11H2,(H2,23,25). The Labute approximate surface area is 157 Å². The lowest BCUT2D eigenvalue weighted by molar-refractivity contribution is 0.100. The van der Waals surface area contributed by atoms with Gasteiger partial charge in [-0.25, -0.2) is 4.39 Å². The van der Waals surface area contributed by atoms with Crippen LogP contribution in [0.2, 0.25) is 0 Å². The number of amides is 1. The Morgan fingerprint density at radius 2 is 1.80 bits per heavy atom. The van der Waals surface area contributed by atoms with Crippen molar-refractivity contribution in [1.29, 1.82) is 0 Å². The number of para-hydroxylation sites is 1. The Kier molecular flexibility index (Phi) is 3.95. The molecule has 0 aliphatic heterocycles. The highest BCUT2D eigenvalue weighted by molar-refractivity contribution is 14.1. The van der Waals surface area contributed by atoms with E-state index in [0.717, 1.165) is 14.7 Å². The number of benzene rings is 3. The van der Waals surface area contributed by atoms with Crippen LogP contribution in [-0.4, -0.2) is 10.5 Å². The number of primary amides is 1. The summed E-state index contributed by atoms with van der Waals surface area (Å²) in [4.78, 5) is 11.9. The van der Waals surface area contributed by atoms with Crippen molar-refractivity contribution in [2.24, 2.45) is 5.73 Å². The Bertz CT molecular complexity index is 1130. The van der Waals surface area contributed by atoms with Crippen molar-refractivity contribution in [3.05, 3.63) is 81.2 Å². The summed E-state index contributed by atoms with van der Waals surface area (Å²) in [6.07, 6.45) is 0. The average molecular weight is 444 g/mol. The molecule has 4 aromatic rings. The predicted octanol–water partition coefficient (Wildman–Crippen LogP) is 4.69. The minimum atomic E-state index is -0.511. The average Bonchev–Trinajstić information content (AvgIpc) is 2.92. The number of nitrogens with two attached hydrogens (primary N) is 1. The zero-order chi connectivity index (χ0) is 17.6. The highest BCUT2D eigenvalue weighted by Gasteiger charge is 2.19. The molecule has 0 aliphatic carbocycles. The molecule has 0 atom stereocenters. The number of aromatic nitrogens is 1. The summed E-state index contributed by atoms with van der Waals surface area (Å²) in [5.74, 6) is -0.821. The van der Waals surface area contributed by atoms with Gasteiger partial charge >= 0.3 is 0 Å². The van der Waals surface area contributed by atoms with E-state index in [1.165, 1.54) is 6.07 Å². The van der Waals surface area contributed by atoms with Gasteiger partial charge in [0, 0.05) is 26.5 Å². The first-order valence-corrected chi connectivity index (χ1v) is 8.88. The Balaban J connectivity index is 2.10. The van der Waals surface area contributed by atoms with Gasteiger partial charge in [0.05, 0.1) is 11.0 Å². The van der Waals surface area contributed by atoms with Crippen LogP contribution in [0.15, 0.2) is 60.7 Å². The molecule has 0 bridgehead atoms. The second kappa shape index (κ2) is 6.15. The largest absolute Gasteiger partial charge is 0.366 e. The van der Waals surface area contributed by atoms with Gasteiger partial charge in [-0.1, -0.05) is 36.4 Å². The molecule has 2 N–H and O–H groups in total. The van der Waals surface area contributed by atoms with Gasteiger partial charge in [0.1, 0.15) is 5.82 Å². The van der Waals surface area contributed by atoms with Gasteiger partial charge < -0.3 is 10.3 Å². The SMILES string of the molecule is NC(=O)c1cccc2c1c1cccc(F)c1n2Cc1ccccc1I. The lowest BCUT2D eigenvalue weighted by Gasteiger charge is -2.10. The Morgan fingerprint density at radius 3 is 2.56 bits per heavy atom. The maximum absolute atomic E-state index is 14.7. The maximum Gasteiger partial charge on any atom is 0.249 e.